The van der Waals surface area contributed by atoms with Crippen LogP contribution >= 0.6 is 0 Å². The minimum atomic E-state index is -0.460. The Hall–Kier alpha value is -2.26. The summed E-state index contributed by atoms with van der Waals surface area (Å²) in [6.45, 7) is 5.41. The van der Waals surface area contributed by atoms with E-state index >= 15 is 0 Å². The van der Waals surface area contributed by atoms with Crippen molar-refractivity contribution in [2.75, 3.05) is 6.61 Å². The maximum Gasteiger partial charge on any atom is 0.338 e. The number of ether oxygens (including phenoxy) is 1. The van der Waals surface area contributed by atoms with Crippen molar-refractivity contribution in [3.05, 3.63) is 52.4 Å². The summed E-state index contributed by atoms with van der Waals surface area (Å²) in [5, 5.41) is 3.44. The fraction of sp³-hybridized carbons (Fsp3) is 0.182. The van der Waals surface area contributed by atoms with Crippen molar-refractivity contribution in [3.63, 3.8) is 0 Å². The third-order valence-corrected chi connectivity index (χ3v) is 1.79. The van der Waals surface area contributed by atoms with E-state index in [2.05, 4.69) is 16.6 Å². The minimum Gasteiger partial charge on any atom is -0.458 e. The van der Waals surface area contributed by atoms with Gasteiger partial charge in [0, 0.05) is 10.6 Å². The molecule has 16 heavy (non-hydrogen) atoms. The van der Waals surface area contributed by atoms with Crippen LogP contribution in [0.15, 0.2) is 36.0 Å². The Morgan fingerprint density at radius 3 is 3.00 bits per heavy atom. The van der Waals surface area contributed by atoms with Crippen LogP contribution in [0.2, 0.25) is 0 Å². The third kappa shape index (κ3) is 3.15. The summed E-state index contributed by atoms with van der Waals surface area (Å²) in [4.78, 5) is 14.2. The molecule has 0 aliphatic rings. The maximum atomic E-state index is 11.5. The molecule has 0 radical (unpaired) electrons. The van der Waals surface area contributed by atoms with Crippen molar-refractivity contribution < 1.29 is 9.53 Å². The number of carbonyl (C=O) groups excluding carboxylic acids is 1. The van der Waals surface area contributed by atoms with Crippen LogP contribution in [-0.2, 0) is 4.74 Å². The van der Waals surface area contributed by atoms with Gasteiger partial charge in [-0.25, -0.2) is 4.79 Å². The Labute approximate surface area is 93.0 Å². The summed E-state index contributed by atoms with van der Waals surface area (Å²) in [7, 11) is 0. The Kier molecular flexibility index (Phi) is 4.12. The molecule has 5 nitrogen and oxygen atoms in total. The Morgan fingerprint density at radius 2 is 2.38 bits per heavy atom. The summed E-state index contributed by atoms with van der Waals surface area (Å²) in [5.74, 6) is -0.460. The summed E-state index contributed by atoms with van der Waals surface area (Å²) in [5.41, 5.74) is 9.90. The van der Waals surface area contributed by atoms with E-state index in [0.717, 1.165) is 5.56 Å². The molecule has 0 aliphatic carbocycles. The predicted molar refractivity (Wildman–Crippen MR) is 60.5 cm³/mol. The topological polar surface area (TPSA) is 75.1 Å². The SMILES string of the molecule is C=CCOC(=O)c1cc(C)cc(N=[N+]=[N-])c1. The summed E-state index contributed by atoms with van der Waals surface area (Å²) in [6, 6.07) is 4.84. The first-order chi connectivity index (χ1) is 7.67. The number of rotatable bonds is 4. The molecule has 5 heteroatoms. The second-order valence-corrected chi connectivity index (χ2v) is 3.13. The Balaban J connectivity index is 2.99. The van der Waals surface area contributed by atoms with Crippen molar-refractivity contribution in [1.29, 1.82) is 0 Å². The summed E-state index contributed by atoms with van der Waals surface area (Å²) < 4.78 is 4.87. The van der Waals surface area contributed by atoms with E-state index in [1.54, 1.807) is 19.1 Å². The van der Waals surface area contributed by atoms with Crippen molar-refractivity contribution in [1.82, 2.24) is 0 Å². The average molecular weight is 217 g/mol. The lowest BCUT2D eigenvalue weighted by atomic mass is 10.1. The maximum absolute atomic E-state index is 11.5. The molecule has 0 saturated carbocycles. The molecule has 0 fully saturated rings. The van der Waals surface area contributed by atoms with Gasteiger partial charge >= 0.3 is 5.97 Å². The first-order valence-corrected chi connectivity index (χ1v) is 4.62. The molecule has 1 rings (SSSR count). The van der Waals surface area contributed by atoms with Crippen LogP contribution in [0.1, 0.15) is 15.9 Å². The number of esters is 1. The van der Waals surface area contributed by atoms with Gasteiger partial charge in [0.05, 0.1) is 5.56 Å². The molecule has 0 aromatic heterocycles. The number of carbonyl (C=O) groups is 1. The van der Waals surface area contributed by atoms with E-state index < -0.39 is 5.97 Å². The molecule has 82 valence electrons. The van der Waals surface area contributed by atoms with E-state index in [9.17, 15) is 4.79 Å². The summed E-state index contributed by atoms with van der Waals surface area (Å²) >= 11 is 0. The van der Waals surface area contributed by atoms with Crippen LogP contribution in [0.25, 0.3) is 10.4 Å². The third-order valence-electron chi connectivity index (χ3n) is 1.79. The van der Waals surface area contributed by atoms with Gasteiger partial charge in [-0.2, -0.15) is 0 Å². The first-order valence-electron chi connectivity index (χ1n) is 4.62. The van der Waals surface area contributed by atoms with Gasteiger partial charge in [0.15, 0.2) is 0 Å². The van der Waals surface area contributed by atoms with Crippen molar-refractivity contribution >= 4 is 11.7 Å². The average Bonchev–Trinajstić information content (AvgIpc) is 2.25. The van der Waals surface area contributed by atoms with Gasteiger partial charge in [0.25, 0.3) is 0 Å². The smallest absolute Gasteiger partial charge is 0.338 e. The number of aryl methyl sites for hydroxylation is 1. The molecule has 0 unspecified atom stereocenters. The van der Waals surface area contributed by atoms with Crippen molar-refractivity contribution in [3.8, 4) is 0 Å². The van der Waals surface area contributed by atoms with Crippen LogP contribution in [0.3, 0.4) is 0 Å². The largest absolute Gasteiger partial charge is 0.458 e. The second-order valence-electron chi connectivity index (χ2n) is 3.13. The molecule has 0 atom stereocenters. The molecule has 0 amide bonds. The Morgan fingerprint density at radius 1 is 1.62 bits per heavy atom. The van der Waals surface area contributed by atoms with Crippen LogP contribution in [0.5, 0.6) is 0 Å². The van der Waals surface area contributed by atoms with Crippen LogP contribution in [0.4, 0.5) is 5.69 Å². The lowest BCUT2D eigenvalue weighted by Crippen LogP contribution is -2.05. The minimum absolute atomic E-state index is 0.156. The zero-order valence-corrected chi connectivity index (χ0v) is 8.88. The molecule has 1 aromatic rings. The highest BCUT2D eigenvalue weighted by molar-refractivity contribution is 5.90. The van der Waals surface area contributed by atoms with Crippen molar-refractivity contribution in [2.45, 2.75) is 6.92 Å². The molecule has 0 saturated heterocycles. The zero-order chi connectivity index (χ0) is 12.0. The molecule has 1 aromatic carbocycles. The van der Waals surface area contributed by atoms with Gasteiger partial charge in [-0.15, -0.1) is 0 Å². The van der Waals surface area contributed by atoms with Gasteiger partial charge in [-0.05, 0) is 36.2 Å². The standard InChI is InChI=1S/C11H11N3O2/c1-3-4-16-11(15)9-5-8(2)6-10(7-9)13-14-12/h3,5-7H,1,4H2,2H3. The van der Waals surface area contributed by atoms with E-state index in [1.165, 1.54) is 12.1 Å². The molecule has 0 N–H and O–H groups in total. The number of hydrogen-bond donors (Lipinski definition) is 0. The lowest BCUT2D eigenvalue weighted by molar-refractivity contribution is 0.0549. The molecule has 0 spiro atoms. The van der Waals surface area contributed by atoms with Crippen LogP contribution in [0, 0.1) is 6.92 Å². The highest BCUT2D eigenvalue weighted by Gasteiger charge is 2.07. The quantitative estimate of drug-likeness (QED) is 0.255. The number of azide groups is 1. The van der Waals surface area contributed by atoms with E-state index in [4.69, 9.17) is 10.3 Å². The fourth-order valence-electron chi connectivity index (χ4n) is 1.21. The molecule has 0 aliphatic heterocycles. The lowest BCUT2D eigenvalue weighted by Gasteiger charge is -2.04. The van der Waals surface area contributed by atoms with Gasteiger partial charge < -0.3 is 4.74 Å². The normalized spacial score (nSPS) is 9.06. The van der Waals surface area contributed by atoms with E-state index in [0.29, 0.717) is 11.3 Å². The van der Waals surface area contributed by atoms with Crippen LogP contribution in [-0.4, -0.2) is 12.6 Å². The zero-order valence-electron chi connectivity index (χ0n) is 8.88. The summed E-state index contributed by atoms with van der Waals surface area (Å²) in [6.07, 6.45) is 1.49. The fourth-order valence-corrected chi connectivity index (χ4v) is 1.21. The van der Waals surface area contributed by atoms with E-state index in [1.807, 2.05) is 0 Å². The van der Waals surface area contributed by atoms with Gasteiger partial charge in [0.1, 0.15) is 6.61 Å². The number of benzene rings is 1. The highest BCUT2D eigenvalue weighted by Crippen LogP contribution is 2.18. The monoisotopic (exact) mass is 217 g/mol. The highest BCUT2D eigenvalue weighted by atomic mass is 16.5. The molecular weight excluding hydrogens is 206 g/mol. The van der Waals surface area contributed by atoms with Crippen molar-refractivity contribution in [2.24, 2.45) is 5.11 Å². The van der Waals surface area contributed by atoms with Gasteiger partial charge in [-0.3, -0.25) is 0 Å². The molecule has 0 bridgehead atoms. The second kappa shape index (κ2) is 5.58. The number of nitrogens with zero attached hydrogens (tertiary/aromatic N) is 3. The Bertz CT molecular complexity index is 462. The molecule has 0 heterocycles. The van der Waals surface area contributed by atoms with Gasteiger partial charge in [0.2, 0.25) is 0 Å². The van der Waals surface area contributed by atoms with Crippen LogP contribution < -0.4 is 0 Å². The first kappa shape index (κ1) is 11.8. The predicted octanol–water partition coefficient (Wildman–Crippen LogP) is 3.28. The number of hydrogen-bond acceptors (Lipinski definition) is 3. The van der Waals surface area contributed by atoms with E-state index in [-0.39, 0.29) is 6.61 Å². The molecular formula is C11H11N3O2. The van der Waals surface area contributed by atoms with Gasteiger partial charge in [-0.1, -0.05) is 17.8 Å².